The Morgan fingerprint density at radius 2 is 1.76 bits per heavy atom. The van der Waals surface area contributed by atoms with Crippen molar-refractivity contribution in [3.8, 4) is 5.82 Å². The number of fused-ring (bicyclic) bond motifs is 1. The van der Waals surface area contributed by atoms with Crippen LogP contribution in [0.2, 0.25) is 0 Å². The van der Waals surface area contributed by atoms with Crippen molar-refractivity contribution in [2.24, 2.45) is 0 Å². The number of hydrogen-bond donors (Lipinski definition) is 1. The Morgan fingerprint density at radius 3 is 2.48 bits per heavy atom. The molecule has 4 nitrogen and oxygen atoms in total. The Morgan fingerprint density at radius 1 is 1.05 bits per heavy atom. The number of benzene rings is 1. The second kappa shape index (κ2) is 4.80. The molecule has 2 aromatic heterocycles. The van der Waals surface area contributed by atoms with Gasteiger partial charge in [0.1, 0.15) is 6.33 Å². The van der Waals surface area contributed by atoms with Crippen LogP contribution in [0.25, 0.3) is 16.9 Å². The number of nitrogens with one attached hydrogen (secondary N) is 1. The summed E-state index contributed by atoms with van der Waals surface area (Å²) in [5.74, 6) is -1.44. The quantitative estimate of drug-likeness (QED) is 0.786. The van der Waals surface area contributed by atoms with Crippen molar-refractivity contribution >= 4 is 16.9 Å². The third kappa shape index (κ3) is 2.12. The van der Waals surface area contributed by atoms with Crippen molar-refractivity contribution in [1.82, 2.24) is 14.5 Å². The molecule has 0 aliphatic heterocycles. The number of hydrogen-bond acceptors (Lipinski definition) is 3. The zero-order chi connectivity index (χ0) is 15.1. The summed E-state index contributed by atoms with van der Waals surface area (Å²) in [7, 11) is 1.53. The summed E-state index contributed by atoms with van der Waals surface area (Å²) in [5.41, 5.74) is 3.66. The minimum Gasteiger partial charge on any atom is -0.371 e. The van der Waals surface area contributed by atoms with E-state index in [1.54, 1.807) is 0 Å². The molecule has 2 heterocycles. The zero-order valence-electron chi connectivity index (χ0n) is 11.9. The lowest BCUT2D eigenvalue weighted by Gasteiger charge is -2.09. The monoisotopic (exact) mass is 288 g/mol. The van der Waals surface area contributed by atoms with Crippen LogP contribution in [0.5, 0.6) is 0 Å². The molecule has 0 saturated carbocycles. The first kappa shape index (κ1) is 13.5. The second-order valence-corrected chi connectivity index (χ2v) is 4.91. The lowest BCUT2D eigenvalue weighted by molar-refractivity contribution is 0.570. The van der Waals surface area contributed by atoms with Gasteiger partial charge in [-0.25, -0.2) is 18.7 Å². The van der Waals surface area contributed by atoms with Gasteiger partial charge in [0.15, 0.2) is 23.3 Å². The predicted molar refractivity (Wildman–Crippen MR) is 77.8 cm³/mol. The Hall–Kier alpha value is -2.50. The molecule has 0 atom stereocenters. The molecule has 0 saturated heterocycles. The third-order valence-corrected chi connectivity index (χ3v) is 3.54. The molecule has 0 bridgehead atoms. The van der Waals surface area contributed by atoms with E-state index in [1.807, 2.05) is 26.0 Å². The van der Waals surface area contributed by atoms with Crippen molar-refractivity contribution in [3.05, 3.63) is 47.3 Å². The fourth-order valence-corrected chi connectivity index (χ4v) is 2.23. The highest BCUT2D eigenvalue weighted by Crippen LogP contribution is 2.24. The Kier molecular flexibility index (Phi) is 3.08. The first-order chi connectivity index (χ1) is 10.0. The Labute approximate surface area is 120 Å². The average Bonchev–Trinajstić information content (AvgIpc) is 2.82. The van der Waals surface area contributed by atoms with E-state index >= 15 is 0 Å². The summed E-state index contributed by atoms with van der Waals surface area (Å²) in [6.07, 6.45) is 1.49. The van der Waals surface area contributed by atoms with Crippen LogP contribution >= 0.6 is 0 Å². The second-order valence-electron chi connectivity index (χ2n) is 4.91. The van der Waals surface area contributed by atoms with E-state index in [9.17, 15) is 8.78 Å². The minimum atomic E-state index is -0.732. The zero-order valence-corrected chi connectivity index (χ0v) is 11.9. The number of aromatic nitrogens is 3. The lowest BCUT2D eigenvalue weighted by Crippen LogP contribution is -2.05. The summed E-state index contributed by atoms with van der Waals surface area (Å²) in [5, 5.41) is 2.61. The van der Waals surface area contributed by atoms with Crippen LogP contribution in [0.1, 0.15) is 11.1 Å². The van der Waals surface area contributed by atoms with E-state index in [2.05, 4.69) is 15.3 Å². The highest BCUT2D eigenvalue weighted by Gasteiger charge is 2.15. The van der Waals surface area contributed by atoms with E-state index in [0.717, 1.165) is 28.2 Å². The molecule has 0 amide bonds. The van der Waals surface area contributed by atoms with Crippen molar-refractivity contribution in [2.45, 2.75) is 13.8 Å². The summed E-state index contributed by atoms with van der Waals surface area (Å²) in [4.78, 5) is 8.26. The van der Waals surface area contributed by atoms with Gasteiger partial charge < -0.3 is 5.32 Å². The number of anilines is 1. The summed E-state index contributed by atoms with van der Waals surface area (Å²) in [6, 6.07) is 4.67. The fourth-order valence-electron chi connectivity index (χ4n) is 2.23. The standard InChI is InChI=1S/C15H14F2N4/c1-8-4-12-13(5-9(8)2)21(7-19-12)15-11(17)6-10(16)14(18-3)20-15/h4-7H,1-3H3,(H,18,20). The molecule has 3 rings (SSSR count). The number of rotatable bonds is 2. The van der Waals surface area contributed by atoms with Gasteiger partial charge in [0.25, 0.3) is 0 Å². The topological polar surface area (TPSA) is 42.7 Å². The van der Waals surface area contributed by atoms with Gasteiger partial charge in [-0.3, -0.25) is 4.57 Å². The molecular formula is C15H14F2N4. The minimum absolute atomic E-state index is 0.00270. The molecule has 0 spiro atoms. The molecule has 0 radical (unpaired) electrons. The largest absolute Gasteiger partial charge is 0.371 e. The van der Waals surface area contributed by atoms with Gasteiger partial charge in [-0.1, -0.05) is 0 Å². The molecule has 0 unspecified atom stereocenters. The Bertz CT molecular complexity index is 839. The molecule has 0 aliphatic carbocycles. The molecule has 1 aromatic carbocycles. The van der Waals surface area contributed by atoms with Crippen LogP contribution < -0.4 is 5.32 Å². The van der Waals surface area contributed by atoms with Crippen molar-refractivity contribution in [3.63, 3.8) is 0 Å². The normalized spacial score (nSPS) is 11.1. The van der Waals surface area contributed by atoms with Crippen molar-refractivity contribution in [1.29, 1.82) is 0 Å². The molecule has 6 heteroatoms. The Balaban J connectivity index is 2.28. The maximum Gasteiger partial charge on any atom is 0.177 e. The number of pyridine rings is 1. The van der Waals surface area contributed by atoms with Gasteiger partial charge in [0, 0.05) is 13.1 Å². The van der Waals surface area contributed by atoms with E-state index in [1.165, 1.54) is 17.9 Å². The summed E-state index contributed by atoms with van der Waals surface area (Å²) >= 11 is 0. The van der Waals surface area contributed by atoms with Gasteiger partial charge in [0.2, 0.25) is 0 Å². The molecule has 21 heavy (non-hydrogen) atoms. The van der Waals surface area contributed by atoms with Gasteiger partial charge in [-0.05, 0) is 37.1 Å². The number of nitrogens with zero attached hydrogens (tertiary/aromatic N) is 3. The van der Waals surface area contributed by atoms with E-state index < -0.39 is 11.6 Å². The van der Waals surface area contributed by atoms with E-state index in [-0.39, 0.29) is 11.6 Å². The fraction of sp³-hybridized carbons (Fsp3) is 0.200. The number of halogens is 2. The summed E-state index contributed by atoms with van der Waals surface area (Å²) < 4.78 is 29.1. The van der Waals surface area contributed by atoms with E-state index in [0.29, 0.717) is 0 Å². The van der Waals surface area contributed by atoms with Gasteiger partial charge in [-0.2, -0.15) is 0 Å². The van der Waals surface area contributed by atoms with Crippen molar-refractivity contribution in [2.75, 3.05) is 12.4 Å². The van der Waals surface area contributed by atoms with Crippen LogP contribution in [0.4, 0.5) is 14.6 Å². The first-order valence-corrected chi connectivity index (χ1v) is 6.49. The van der Waals surface area contributed by atoms with Crippen LogP contribution in [0.3, 0.4) is 0 Å². The van der Waals surface area contributed by atoms with Crippen molar-refractivity contribution < 1.29 is 8.78 Å². The smallest absolute Gasteiger partial charge is 0.177 e. The van der Waals surface area contributed by atoms with Crippen LogP contribution in [-0.2, 0) is 0 Å². The average molecular weight is 288 g/mol. The molecule has 3 aromatic rings. The first-order valence-electron chi connectivity index (χ1n) is 6.49. The predicted octanol–water partition coefficient (Wildman–Crippen LogP) is 3.36. The SMILES string of the molecule is CNc1nc(-n2cnc3cc(C)c(C)cc32)c(F)cc1F. The molecular weight excluding hydrogens is 274 g/mol. The number of imidazole rings is 1. The van der Waals surface area contributed by atoms with Crippen LogP contribution in [-0.4, -0.2) is 21.6 Å². The third-order valence-electron chi connectivity index (χ3n) is 3.54. The van der Waals surface area contributed by atoms with Gasteiger partial charge >= 0.3 is 0 Å². The maximum atomic E-state index is 14.1. The molecule has 108 valence electrons. The summed E-state index contributed by atoms with van der Waals surface area (Å²) in [6.45, 7) is 3.96. The number of aryl methyl sites for hydroxylation is 2. The molecule has 0 aliphatic rings. The lowest BCUT2D eigenvalue weighted by atomic mass is 10.1. The van der Waals surface area contributed by atoms with Crippen LogP contribution in [0.15, 0.2) is 24.5 Å². The van der Waals surface area contributed by atoms with E-state index in [4.69, 9.17) is 0 Å². The maximum absolute atomic E-state index is 14.1. The highest BCUT2D eigenvalue weighted by molar-refractivity contribution is 5.79. The molecule has 1 N–H and O–H groups in total. The van der Waals surface area contributed by atoms with Gasteiger partial charge in [-0.15, -0.1) is 0 Å². The van der Waals surface area contributed by atoms with Gasteiger partial charge in [0.05, 0.1) is 11.0 Å². The molecule has 0 fully saturated rings. The van der Waals surface area contributed by atoms with Crippen LogP contribution in [0, 0.1) is 25.5 Å². The highest BCUT2D eigenvalue weighted by atomic mass is 19.1.